The summed E-state index contributed by atoms with van der Waals surface area (Å²) in [6.07, 6.45) is 5.27. The van der Waals surface area contributed by atoms with E-state index in [-0.39, 0.29) is 11.0 Å². The second-order valence-corrected chi connectivity index (χ2v) is 4.64. The second kappa shape index (κ2) is 4.00. The van der Waals surface area contributed by atoms with E-state index >= 15 is 0 Å². The van der Waals surface area contributed by atoms with Crippen molar-refractivity contribution >= 4 is 23.2 Å². The van der Waals surface area contributed by atoms with Crippen LogP contribution in [0.1, 0.15) is 23.2 Å². The zero-order chi connectivity index (χ0) is 9.97. The first kappa shape index (κ1) is 9.52. The van der Waals surface area contributed by atoms with Gasteiger partial charge in [0.25, 0.3) is 0 Å². The highest BCUT2D eigenvalue weighted by Crippen LogP contribution is 2.29. The van der Waals surface area contributed by atoms with Crippen molar-refractivity contribution in [1.29, 1.82) is 0 Å². The van der Waals surface area contributed by atoms with Crippen molar-refractivity contribution < 1.29 is 4.79 Å². The third-order valence-electron chi connectivity index (χ3n) is 2.34. The minimum Gasteiger partial charge on any atom is -0.398 e. The summed E-state index contributed by atoms with van der Waals surface area (Å²) in [5.74, 6) is 1.22. The third kappa shape index (κ3) is 1.75. The number of nitrogens with two attached hydrogens (primary N) is 1. The van der Waals surface area contributed by atoms with Gasteiger partial charge in [0.2, 0.25) is 0 Å². The van der Waals surface area contributed by atoms with Gasteiger partial charge in [-0.3, -0.25) is 9.78 Å². The maximum absolute atomic E-state index is 11.9. The van der Waals surface area contributed by atoms with Crippen molar-refractivity contribution in [3.05, 3.63) is 24.0 Å². The monoisotopic (exact) mass is 208 g/mol. The van der Waals surface area contributed by atoms with Crippen LogP contribution in [-0.4, -0.2) is 21.8 Å². The topological polar surface area (TPSA) is 56.0 Å². The van der Waals surface area contributed by atoms with Gasteiger partial charge in [0.05, 0.1) is 10.8 Å². The molecule has 0 saturated carbocycles. The summed E-state index contributed by atoms with van der Waals surface area (Å²) < 4.78 is 0. The molecule has 0 bridgehead atoms. The van der Waals surface area contributed by atoms with Gasteiger partial charge >= 0.3 is 0 Å². The molecule has 2 rings (SSSR count). The Kier molecular flexibility index (Phi) is 2.72. The molecule has 1 fully saturated rings. The molecule has 1 saturated heterocycles. The SMILES string of the molecule is Nc1ccncc1C(=O)C1CCCS1. The predicted molar refractivity (Wildman–Crippen MR) is 58.5 cm³/mol. The van der Waals surface area contributed by atoms with Crippen molar-refractivity contribution in [3.63, 3.8) is 0 Å². The summed E-state index contributed by atoms with van der Waals surface area (Å²) in [5, 5.41) is 0.0986. The van der Waals surface area contributed by atoms with E-state index in [1.165, 1.54) is 0 Å². The fraction of sp³-hybridized carbons (Fsp3) is 0.400. The fourth-order valence-electron chi connectivity index (χ4n) is 1.57. The van der Waals surface area contributed by atoms with Crippen LogP contribution in [0.2, 0.25) is 0 Å². The Hall–Kier alpha value is -1.03. The van der Waals surface area contributed by atoms with Crippen molar-refractivity contribution in [1.82, 2.24) is 4.98 Å². The predicted octanol–water partition coefficient (Wildman–Crippen LogP) is 1.74. The summed E-state index contributed by atoms with van der Waals surface area (Å²) >= 11 is 1.72. The van der Waals surface area contributed by atoms with Gasteiger partial charge < -0.3 is 5.73 Å². The molecule has 1 unspecified atom stereocenters. The molecule has 14 heavy (non-hydrogen) atoms. The van der Waals surface area contributed by atoms with Gasteiger partial charge in [0, 0.05) is 18.1 Å². The van der Waals surface area contributed by atoms with E-state index in [0.717, 1.165) is 18.6 Å². The average molecular weight is 208 g/mol. The molecule has 1 aliphatic heterocycles. The minimum absolute atomic E-state index is 0.0986. The number of nitrogens with zero attached hydrogens (tertiary/aromatic N) is 1. The molecule has 0 spiro atoms. The van der Waals surface area contributed by atoms with Crippen LogP contribution in [0.5, 0.6) is 0 Å². The van der Waals surface area contributed by atoms with E-state index in [2.05, 4.69) is 4.98 Å². The molecule has 1 aliphatic rings. The Morgan fingerprint density at radius 2 is 2.50 bits per heavy atom. The Bertz CT molecular complexity index is 348. The second-order valence-electron chi connectivity index (χ2n) is 3.33. The summed E-state index contributed by atoms with van der Waals surface area (Å²) in [5.41, 5.74) is 6.83. The minimum atomic E-state index is 0.0986. The van der Waals surface area contributed by atoms with Gasteiger partial charge in [-0.25, -0.2) is 0 Å². The number of aromatic nitrogens is 1. The van der Waals surface area contributed by atoms with E-state index in [4.69, 9.17) is 5.73 Å². The van der Waals surface area contributed by atoms with E-state index < -0.39 is 0 Å². The number of pyridine rings is 1. The highest BCUT2D eigenvalue weighted by atomic mass is 32.2. The number of carbonyl (C=O) groups is 1. The van der Waals surface area contributed by atoms with Crippen LogP contribution in [-0.2, 0) is 0 Å². The number of thioether (sulfide) groups is 1. The summed E-state index contributed by atoms with van der Waals surface area (Å²) in [6, 6.07) is 1.67. The average Bonchev–Trinajstić information content (AvgIpc) is 2.70. The van der Waals surface area contributed by atoms with Crippen LogP contribution in [0.15, 0.2) is 18.5 Å². The first-order valence-corrected chi connectivity index (χ1v) is 5.69. The maximum Gasteiger partial charge on any atom is 0.179 e. The first-order valence-electron chi connectivity index (χ1n) is 4.64. The first-order chi connectivity index (χ1) is 6.79. The molecule has 0 amide bonds. The lowest BCUT2D eigenvalue weighted by Gasteiger charge is -2.08. The Morgan fingerprint density at radius 1 is 1.64 bits per heavy atom. The normalized spacial score (nSPS) is 21.0. The zero-order valence-electron chi connectivity index (χ0n) is 7.77. The third-order valence-corrected chi connectivity index (χ3v) is 3.72. The Balaban J connectivity index is 2.22. The highest BCUT2D eigenvalue weighted by molar-refractivity contribution is 8.00. The number of anilines is 1. The van der Waals surface area contributed by atoms with Crippen LogP contribution >= 0.6 is 11.8 Å². The van der Waals surface area contributed by atoms with E-state index in [0.29, 0.717) is 11.3 Å². The van der Waals surface area contributed by atoms with E-state index in [1.807, 2.05) is 0 Å². The lowest BCUT2D eigenvalue weighted by atomic mass is 10.1. The van der Waals surface area contributed by atoms with Crippen LogP contribution < -0.4 is 5.73 Å². The highest BCUT2D eigenvalue weighted by Gasteiger charge is 2.25. The quantitative estimate of drug-likeness (QED) is 0.752. The molecule has 3 nitrogen and oxygen atoms in total. The smallest absolute Gasteiger partial charge is 0.179 e. The molecule has 0 aromatic carbocycles. The molecule has 4 heteroatoms. The van der Waals surface area contributed by atoms with Gasteiger partial charge in [-0.1, -0.05) is 0 Å². The zero-order valence-corrected chi connectivity index (χ0v) is 8.59. The number of carbonyl (C=O) groups excluding carboxylic acids is 1. The molecule has 1 atom stereocenters. The molecular weight excluding hydrogens is 196 g/mol. The largest absolute Gasteiger partial charge is 0.398 e. The molecule has 0 radical (unpaired) electrons. The molecule has 74 valence electrons. The number of hydrogen-bond acceptors (Lipinski definition) is 4. The maximum atomic E-state index is 11.9. The van der Waals surface area contributed by atoms with Crippen LogP contribution in [0.3, 0.4) is 0 Å². The summed E-state index contributed by atoms with van der Waals surface area (Å²) in [6.45, 7) is 0. The van der Waals surface area contributed by atoms with E-state index in [9.17, 15) is 4.79 Å². The van der Waals surface area contributed by atoms with Crippen LogP contribution in [0.25, 0.3) is 0 Å². The lowest BCUT2D eigenvalue weighted by molar-refractivity contribution is 0.0989. The van der Waals surface area contributed by atoms with Crippen LogP contribution in [0.4, 0.5) is 5.69 Å². The van der Waals surface area contributed by atoms with Crippen LogP contribution in [0, 0.1) is 0 Å². The molecule has 1 aromatic heterocycles. The number of Topliss-reactive ketones (excluding diaryl/α,β-unsaturated/α-hetero) is 1. The summed E-state index contributed by atoms with van der Waals surface area (Å²) in [4.78, 5) is 15.9. The molecule has 0 aliphatic carbocycles. The number of rotatable bonds is 2. The lowest BCUT2D eigenvalue weighted by Crippen LogP contribution is -2.16. The Morgan fingerprint density at radius 3 is 3.14 bits per heavy atom. The van der Waals surface area contributed by atoms with Gasteiger partial charge in [-0.15, -0.1) is 0 Å². The fourth-order valence-corrected chi connectivity index (χ4v) is 2.80. The Labute approximate surface area is 87.1 Å². The van der Waals surface area contributed by atoms with Gasteiger partial charge in [0.1, 0.15) is 0 Å². The van der Waals surface area contributed by atoms with Gasteiger partial charge in [-0.2, -0.15) is 11.8 Å². The number of nitrogen functional groups attached to an aromatic ring is 1. The number of ketones is 1. The van der Waals surface area contributed by atoms with E-state index in [1.54, 1.807) is 30.2 Å². The standard InChI is InChI=1S/C10H12N2OS/c11-8-3-4-12-6-7(8)10(13)9-2-1-5-14-9/h3-4,6,9H,1-2,5H2,(H2,11,12). The van der Waals surface area contributed by atoms with Crippen molar-refractivity contribution in [2.24, 2.45) is 0 Å². The summed E-state index contributed by atoms with van der Waals surface area (Å²) in [7, 11) is 0. The van der Waals surface area contributed by atoms with Gasteiger partial charge in [0.15, 0.2) is 5.78 Å². The number of hydrogen-bond donors (Lipinski definition) is 1. The molecular formula is C10H12N2OS. The molecule has 2 N–H and O–H groups in total. The van der Waals surface area contributed by atoms with Crippen molar-refractivity contribution in [2.45, 2.75) is 18.1 Å². The molecule has 2 heterocycles. The van der Waals surface area contributed by atoms with Crippen molar-refractivity contribution in [2.75, 3.05) is 11.5 Å². The van der Waals surface area contributed by atoms with Gasteiger partial charge in [-0.05, 0) is 24.7 Å². The molecule has 1 aromatic rings. The van der Waals surface area contributed by atoms with Crippen molar-refractivity contribution in [3.8, 4) is 0 Å².